The molecule has 4 rings (SSSR count). The van der Waals surface area contributed by atoms with Gasteiger partial charge in [0.2, 0.25) is 0 Å². The van der Waals surface area contributed by atoms with Gasteiger partial charge in [0.1, 0.15) is 5.82 Å². The number of nitrogens with one attached hydrogen (secondary N) is 1. The highest BCUT2D eigenvalue weighted by atomic mass is 32.2. The molecule has 1 fully saturated rings. The lowest BCUT2D eigenvalue weighted by molar-refractivity contribution is 0.476. The minimum atomic E-state index is 0.0136. The molecule has 28 heavy (non-hydrogen) atoms. The number of aromatic amines is 1. The van der Waals surface area contributed by atoms with Gasteiger partial charge in [-0.3, -0.25) is 9.78 Å². The summed E-state index contributed by atoms with van der Waals surface area (Å²) in [6, 6.07) is 5.60. The Morgan fingerprint density at radius 1 is 1.04 bits per heavy atom. The summed E-state index contributed by atoms with van der Waals surface area (Å²) in [5, 5.41) is 0. The molecule has 3 heterocycles. The number of pyridine rings is 2. The lowest BCUT2D eigenvalue weighted by Gasteiger charge is -2.11. The van der Waals surface area contributed by atoms with Gasteiger partial charge in [0.25, 0.3) is 0 Å². The first kappa shape index (κ1) is 18.9. The van der Waals surface area contributed by atoms with Crippen LogP contribution in [-0.4, -0.2) is 26.2 Å². The maximum Gasteiger partial charge on any atom is 0.189 e. The first-order valence-corrected chi connectivity index (χ1v) is 10.9. The van der Waals surface area contributed by atoms with Gasteiger partial charge < -0.3 is 4.98 Å². The Morgan fingerprint density at radius 2 is 1.82 bits per heavy atom. The van der Waals surface area contributed by atoms with E-state index in [1.54, 1.807) is 30.2 Å². The first-order valence-electron chi connectivity index (χ1n) is 9.68. The fraction of sp³-hybridized carbons (Fsp3) is 0.364. The van der Waals surface area contributed by atoms with Gasteiger partial charge >= 0.3 is 0 Å². The van der Waals surface area contributed by atoms with E-state index in [0.717, 1.165) is 34.8 Å². The van der Waals surface area contributed by atoms with Crippen LogP contribution in [0, 0.1) is 11.8 Å². The van der Waals surface area contributed by atoms with E-state index in [-0.39, 0.29) is 5.43 Å². The van der Waals surface area contributed by atoms with Crippen molar-refractivity contribution in [2.75, 3.05) is 6.26 Å². The Morgan fingerprint density at radius 3 is 2.50 bits per heavy atom. The second kappa shape index (κ2) is 8.69. The van der Waals surface area contributed by atoms with Crippen LogP contribution in [0.15, 0.2) is 58.9 Å². The predicted molar refractivity (Wildman–Crippen MR) is 112 cm³/mol. The predicted octanol–water partition coefficient (Wildman–Crippen LogP) is 4.15. The minimum absolute atomic E-state index is 0.0136. The molecule has 0 spiro atoms. The summed E-state index contributed by atoms with van der Waals surface area (Å²) in [5.41, 5.74) is 2.64. The van der Waals surface area contributed by atoms with Gasteiger partial charge in [-0.05, 0) is 49.8 Å². The number of rotatable bonds is 6. The molecule has 0 aliphatic heterocycles. The van der Waals surface area contributed by atoms with Gasteiger partial charge in [-0.25, -0.2) is 9.97 Å². The summed E-state index contributed by atoms with van der Waals surface area (Å²) >= 11 is 1.67. The highest BCUT2D eigenvalue weighted by Crippen LogP contribution is 2.34. The Labute approximate surface area is 169 Å². The molecule has 144 valence electrons. The summed E-state index contributed by atoms with van der Waals surface area (Å²) in [4.78, 5) is 29.6. The van der Waals surface area contributed by atoms with Crippen LogP contribution < -0.4 is 5.43 Å². The zero-order valence-corrected chi connectivity index (χ0v) is 16.8. The van der Waals surface area contributed by atoms with E-state index in [0.29, 0.717) is 17.4 Å². The van der Waals surface area contributed by atoms with Gasteiger partial charge in [0, 0.05) is 65.2 Å². The molecule has 1 aliphatic carbocycles. The van der Waals surface area contributed by atoms with Crippen molar-refractivity contribution < 1.29 is 0 Å². The fourth-order valence-electron chi connectivity index (χ4n) is 4.00. The summed E-state index contributed by atoms with van der Waals surface area (Å²) < 4.78 is 0. The fourth-order valence-corrected chi connectivity index (χ4v) is 4.32. The third kappa shape index (κ3) is 4.50. The molecule has 0 amide bonds. The second-order valence-corrected chi connectivity index (χ2v) is 8.33. The average Bonchev–Trinajstić information content (AvgIpc) is 3.16. The van der Waals surface area contributed by atoms with E-state index in [4.69, 9.17) is 0 Å². The largest absolute Gasteiger partial charge is 0.367 e. The van der Waals surface area contributed by atoms with E-state index in [2.05, 4.69) is 26.0 Å². The summed E-state index contributed by atoms with van der Waals surface area (Å²) in [5.74, 6) is 2.28. The van der Waals surface area contributed by atoms with Crippen molar-refractivity contribution in [2.24, 2.45) is 11.8 Å². The molecule has 1 saturated carbocycles. The number of hydrogen-bond acceptors (Lipinski definition) is 5. The van der Waals surface area contributed by atoms with Gasteiger partial charge in [-0.15, -0.1) is 11.8 Å². The quantitative estimate of drug-likeness (QED) is 0.638. The van der Waals surface area contributed by atoms with Crippen LogP contribution in [0.25, 0.3) is 11.1 Å². The van der Waals surface area contributed by atoms with E-state index < -0.39 is 0 Å². The van der Waals surface area contributed by atoms with Crippen LogP contribution in [0.4, 0.5) is 0 Å². The lowest BCUT2D eigenvalue weighted by atomic mass is 9.97. The molecule has 0 saturated heterocycles. The van der Waals surface area contributed by atoms with Crippen molar-refractivity contribution in [3.05, 3.63) is 70.9 Å². The third-order valence-electron chi connectivity index (χ3n) is 5.50. The number of H-pyrrole nitrogens is 1. The molecule has 3 aromatic heterocycles. The zero-order valence-electron chi connectivity index (χ0n) is 16.0. The third-order valence-corrected chi connectivity index (χ3v) is 6.18. The van der Waals surface area contributed by atoms with Crippen molar-refractivity contribution in [2.45, 2.75) is 37.0 Å². The summed E-state index contributed by atoms with van der Waals surface area (Å²) in [7, 11) is 0. The van der Waals surface area contributed by atoms with Crippen molar-refractivity contribution in [3.8, 4) is 11.1 Å². The van der Waals surface area contributed by atoms with Gasteiger partial charge in [0.15, 0.2) is 5.43 Å². The van der Waals surface area contributed by atoms with Crippen molar-refractivity contribution >= 4 is 11.8 Å². The molecule has 6 heteroatoms. The molecule has 3 aromatic rings. The van der Waals surface area contributed by atoms with E-state index in [1.807, 2.05) is 30.9 Å². The molecule has 5 nitrogen and oxygen atoms in total. The smallest absolute Gasteiger partial charge is 0.189 e. The van der Waals surface area contributed by atoms with Crippen LogP contribution in [0.5, 0.6) is 0 Å². The molecular weight excluding hydrogens is 368 g/mol. The van der Waals surface area contributed by atoms with Crippen LogP contribution in [0.3, 0.4) is 0 Å². The summed E-state index contributed by atoms with van der Waals surface area (Å²) in [6.45, 7) is 0. The number of nitrogens with zero attached hydrogens (tertiary/aromatic N) is 3. The minimum Gasteiger partial charge on any atom is -0.367 e. The topological polar surface area (TPSA) is 71.5 Å². The van der Waals surface area contributed by atoms with Crippen molar-refractivity contribution in [1.29, 1.82) is 0 Å². The molecule has 0 bridgehead atoms. The Kier molecular flexibility index (Phi) is 5.86. The Bertz CT molecular complexity index is 969. The monoisotopic (exact) mass is 392 g/mol. The van der Waals surface area contributed by atoms with E-state index in [9.17, 15) is 4.79 Å². The molecular formula is C22H24N4OS. The van der Waals surface area contributed by atoms with Crippen LogP contribution in [0.2, 0.25) is 0 Å². The lowest BCUT2D eigenvalue weighted by Crippen LogP contribution is -2.07. The summed E-state index contributed by atoms with van der Waals surface area (Å²) in [6.07, 6.45) is 16.7. The molecule has 1 N–H and O–H groups in total. The highest BCUT2D eigenvalue weighted by Gasteiger charge is 2.26. The number of thioether (sulfide) groups is 1. The zero-order chi connectivity index (χ0) is 19.3. The van der Waals surface area contributed by atoms with E-state index >= 15 is 0 Å². The van der Waals surface area contributed by atoms with E-state index in [1.165, 1.54) is 19.3 Å². The maximum atomic E-state index is 11.9. The average molecular weight is 393 g/mol. The second-order valence-electron chi connectivity index (χ2n) is 7.45. The van der Waals surface area contributed by atoms with Crippen molar-refractivity contribution in [1.82, 2.24) is 19.9 Å². The van der Waals surface area contributed by atoms with Gasteiger partial charge in [-0.2, -0.15) is 0 Å². The normalized spacial score (nSPS) is 19.0. The number of aromatic nitrogens is 4. The SMILES string of the molecule is CSc1cnc(C[C@H]2CC[C@H](Cc3ccc(-c4c[nH]ccc4=O)cn3)C2)nc1. The Hall–Kier alpha value is -2.47. The van der Waals surface area contributed by atoms with Crippen LogP contribution in [0.1, 0.15) is 30.8 Å². The Balaban J connectivity index is 1.34. The standard InChI is InChI=1S/C22H24N4OS/c1-28-19-12-25-22(26-13-19)10-16-3-2-15(8-16)9-18-5-4-17(11-24-18)20-14-23-7-6-21(20)27/h4-7,11-16H,2-3,8-10H2,1H3,(H,23,27)/t15-,16-/m0/s1. The van der Waals surface area contributed by atoms with Crippen molar-refractivity contribution in [3.63, 3.8) is 0 Å². The van der Waals surface area contributed by atoms with Gasteiger partial charge in [0.05, 0.1) is 0 Å². The maximum absolute atomic E-state index is 11.9. The van der Waals surface area contributed by atoms with Crippen LogP contribution in [-0.2, 0) is 12.8 Å². The highest BCUT2D eigenvalue weighted by molar-refractivity contribution is 7.98. The van der Waals surface area contributed by atoms with Gasteiger partial charge in [-0.1, -0.05) is 6.07 Å². The molecule has 0 unspecified atom stereocenters. The van der Waals surface area contributed by atoms with Crippen LogP contribution >= 0.6 is 11.8 Å². The first-order chi connectivity index (χ1) is 13.7. The molecule has 1 aliphatic rings. The molecule has 0 aromatic carbocycles. The molecule has 2 atom stereocenters. The number of hydrogen-bond donors (Lipinski definition) is 1. The molecule has 0 radical (unpaired) electrons.